The lowest BCUT2D eigenvalue weighted by Crippen LogP contribution is -2.15. The van der Waals surface area contributed by atoms with Gasteiger partial charge in [0.1, 0.15) is 17.2 Å². The van der Waals surface area contributed by atoms with Gasteiger partial charge in [-0.05, 0) is 36.6 Å². The van der Waals surface area contributed by atoms with Crippen LogP contribution in [0.3, 0.4) is 0 Å². The van der Waals surface area contributed by atoms with Crippen molar-refractivity contribution in [2.24, 2.45) is 0 Å². The number of carboxylic acids is 2. The molecule has 0 heterocycles. The predicted octanol–water partition coefficient (Wildman–Crippen LogP) is 4.70. The van der Waals surface area contributed by atoms with E-state index in [2.05, 4.69) is 13.0 Å². The summed E-state index contributed by atoms with van der Waals surface area (Å²) in [6.07, 6.45) is 2.69. The summed E-state index contributed by atoms with van der Waals surface area (Å²) in [5, 5.41) is 18.5. The Morgan fingerprint density at radius 1 is 0.871 bits per heavy atom. The summed E-state index contributed by atoms with van der Waals surface area (Å²) >= 11 is 0. The van der Waals surface area contributed by atoms with Crippen LogP contribution in [0.2, 0.25) is 0 Å². The summed E-state index contributed by atoms with van der Waals surface area (Å²) in [7, 11) is 0. The van der Waals surface area contributed by atoms with Crippen molar-refractivity contribution in [2.45, 2.75) is 39.5 Å². The summed E-state index contributed by atoms with van der Waals surface area (Å²) in [6, 6.07) is 14.4. The third kappa shape index (κ3) is 7.37. The summed E-state index contributed by atoms with van der Waals surface area (Å²) in [5.74, 6) is -1.81. The number of hydrogen-bond acceptors (Lipinski definition) is 5. The number of carboxylic acid groups (broad SMARTS) is 2. The standard InChI is InChI=1S/C24H28O7/c1-3-9-17-10-5-6-13-21(17)30-15-8-14-29-18-11-7-12-19(16-18)31-22(24(27)28)20(4-2)23(25)26/h5-7,10-13,16H,3-4,8-9,14-15H2,1-2H3,(H,25,26)(H,27,28). The normalized spacial score (nSPS) is 11.4. The maximum Gasteiger partial charge on any atom is 0.372 e. The van der Waals surface area contributed by atoms with Crippen LogP contribution in [0.4, 0.5) is 0 Å². The zero-order chi connectivity index (χ0) is 22.6. The molecule has 0 spiro atoms. The lowest BCUT2D eigenvalue weighted by atomic mass is 10.1. The quantitative estimate of drug-likeness (QED) is 0.271. The van der Waals surface area contributed by atoms with E-state index in [0.29, 0.717) is 25.4 Å². The zero-order valence-electron chi connectivity index (χ0n) is 17.8. The van der Waals surface area contributed by atoms with Crippen molar-refractivity contribution in [3.05, 3.63) is 65.4 Å². The molecule has 7 nitrogen and oxygen atoms in total. The first-order valence-corrected chi connectivity index (χ1v) is 10.3. The first-order valence-electron chi connectivity index (χ1n) is 10.3. The highest BCUT2D eigenvalue weighted by Crippen LogP contribution is 2.24. The number of para-hydroxylation sites is 1. The van der Waals surface area contributed by atoms with Crippen LogP contribution in [0.25, 0.3) is 0 Å². The van der Waals surface area contributed by atoms with Crippen molar-refractivity contribution < 1.29 is 34.0 Å². The SMILES string of the molecule is CCCc1ccccc1OCCCOc1cccc(OC(C(=O)O)=C(CC)C(=O)O)c1. The van der Waals surface area contributed by atoms with E-state index in [4.69, 9.17) is 14.2 Å². The zero-order valence-corrected chi connectivity index (χ0v) is 17.8. The molecule has 0 aromatic heterocycles. The van der Waals surface area contributed by atoms with Gasteiger partial charge in [-0.1, -0.05) is 44.5 Å². The van der Waals surface area contributed by atoms with Crippen LogP contribution >= 0.6 is 0 Å². The van der Waals surface area contributed by atoms with E-state index in [9.17, 15) is 19.8 Å². The molecule has 0 bridgehead atoms. The molecule has 0 aliphatic carbocycles. The van der Waals surface area contributed by atoms with Gasteiger partial charge in [-0.15, -0.1) is 0 Å². The highest BCUT2D eigenvalue weighted by Gasteiger charge is 2.21. The van der Waals surface area contributed by atoms with Crippen LogP contribution in [0.15, 0.2) is 59.9 Å². The monoisotopic (exact) mass is 428 g/mol. The molecule has 2 rings (SSSR count). The molecule has 0 unspecified atom stereocenters. The van der Waals surface area contributed by atoms with E-state index in [0.717, 1.165) is 18.6 Å². The molecule has 0 saturated heterocycles. The van der Waals surface area contributed by atoms with Crippen molar-refractivity contribution in [3.8, 4) is 17.2 Å². The number of aryl methyl sites for hydroxylation is 1. The first-order chi connectivity index (χ1) is 15.0. The Morgan fingerprint density at radius 3 is 2.26 bits per heavy atom. The fraction of sp³-hybridized carbons (Fsp3) is 0.333. The minimum absolute atomic E-state index is 0.0224. The predicted molar refractivity (Wildman–Crippen MR) is 116 cm³/mol. The molecule has 0 radical (unpaired) electrons. The molecule has 7 heteroatoms. The maximum absolute atomic E-state index is 11.4. The van der Waals surface area contributed by atoms with Crippen molar-refractivity contribution >= 4 is 11.9 Å². The Kier molecular flexibility index (Phi) is 9.42. The van der Waals surface area contributed by atoms with Crippen LogP contribution in [-0.2, 0) is 16.0 Å². The largest absolute Gasteiger partial charge is 0.493 e. The Morgan fingerprint density at radius 2 is 1.58 bits per heavy atom. The summed E-state index contributed by atoms with van der Waals surface area (Å²) in [5.41, 5.74) is 0.880. The Labute approximate surface area is 181 Å². The Bertz CT molecular complexity index is 918. The molecule has 0 atom stereocenters. The van der Waals surface area contributed by atoms with Crippen molar-refractivity contribution in [3.63, 3.8) is 0 Å². The average Bonchev–Trinajstić information content (AvgIpc) is 2.74. The molecule has 0 aliphatic rings. The van der Waals surface area contributed by atoms with Gasteiger partial charge in [-0.2, -0.15) is 0 Å². The van der Waals surface area contributed by atoms with Gasteiger partial charge in [-0.3, -0.25) is 0 Å². The third-order valence-electron chi connectivity index (χ3n) is 4.41. The molecule has 0 fully saturated rings. The Hall–Kier alpha value is -3.48. The molecular formula is C24H28O7. The van der Waals surface area contributed by atoms with Gasteiger partial charge < -0.3 is 24.4 Å². The lowest BCUT2D eigenvalue weighted by molar-refractivity contribution is -0.138. The molecular weight excluding hydrogens is 400 g/mol. The fourth-order valence-electron chi connectivity index (χ4n) is 2.94. The van der Waals surface area contributed by atoms with Gasteiger partial charge in [0.25, 0.3) is 0 Å². The topological polar surface area (TPSA) is 102 Å². The number of aliphatic carboxylic acids is 2. The highest BCUT2D eigenvalue weighted by molar-refractivity contribution is 5.97. The van der Waals surface area contributed by atoms with Crippen LogP contribution in [-0.4, -0.2) is 35.4 Å². The van der Waals surface area contributed by atoms with Crippen LogP contribution in [0.5, 0.6) is 17.2 Å². The van der Waals surface area contributed by atoms with Crippen LogP contribution in [0, 0.1) is 0 Å². The van der Waals surface area contributed by atoms with Crippen molar-refractivity contribution in [1.29, 1.82) is 0 Å². The maximum atomic E-state index is 11.4. The highest BCUT2D eigenvalue weighted by atomic mass is 16.5. The molecule has 0 amide bonds. The summed E-state index contributed by atoms with van der Waals surface area (Å²) in [4.78, 5) is 22.7. The van der Waals surface area contributed by atoms with E-state index in [1.165, 1.54) is 11.6 Å². The van der Waals surface area contributed by atoms with E-state index in [1.807, 2.05) is 18.2 Å². The first kappa shape index (κ1) is 23.8. The van der Waals surface area contributed by atoms with Gasteiger partial charge in [0, 0.05) is 12.5 Å². The second-order valence-corrected chi connectivity index (χ2v) is 6.76. The summed E-state index contributed by atoms with van der Waals surface area (Å²) in [6.45, 7) is 4.58. The smallest absolute Gasteiger partial charge is 0.372 e. The van der Waals surface area contributed by atoms with E-state index >= 15 is 0 Å². The second-order valence-electron chi connectivity index (χ2n) is 6.76. The van der Waals surface area contributed by atoms with Gasteiger partial charge in [0.2, 0.25) is 5.76 Å². The molecule has 0 aliphatic heterocycles. The fourth-order valence-corrected chi connectivity index (χ4v) is 2.94. The lowest BCUT2D eigenvalue weighted by Gasteiger charge is -2.12. The van der Waals surface area contributed by atoms with Crippen molar-refractivity contribution in [2.75, 3.05) is 13.2 Å². The molecule has 166 valence electrons. The van der Waals surface area contributed by atoms with E-state index in [-0.39, 0.29) is 17.7 Å². The number of rotatable bonds is 13. The molecule has 0 saturated carbocycles. The van der Waals surface area contributed by atoms with E-state index in [1.54, 1.807) is 25.1 Å². The summed E-state index contributed by atoms with van der Waals surface area (Å²) < 4.78 is 16.9. The number of hydrogen-bond donors (Lipinski definition) is 2. The van der Waals surface area contributed by atoms with Gasteiger partial charge in [-0.25, -0.2) is 9.59 Å². The van der Waals surface area contributed by atoms with Gasteiger partial charge in [0.05, 0.1) is 18.8 Å². The number of benzene rings is 2. The minimum Gasteiger partial charge on any atom is -0.493 e. The molecule has 2 N–H and O–H groups in total. The number of ether oxygens (including phenoxy) is 3. The third-order valence-corrected chi connectivity index (χ3v) is 4.41. The van der Waals surface area contributed by atoms with Gasteiger partial charge >= 0.3 is 11.9 Å². The van der Waals surface area contributed by atoms with E-state index < -0.39 is 17.7 Å². The second kappa shape index (κ2) is 12.3. The number of carbonyl (C=O) groups is 2. The molecule has 2 aromatic rings. The van der Waals surface area contributed by atoms with Gasteiger partial charge in [0.15, 0.2) is 0 Å². The van der Waals surface area contributed by atoms with Crippen LogP contribution in [0.1, 0.15) is 38.7 Å². The minimum atomic E-state index is -1.44. The molecule has 2 aromatic carbocycles. The molecule has 31 heavy (non-hydrogen) atoms. The Balaban J connectivity index is 1.91. The average molecular weight is 428 g/mol. The van der Waals surface area contributed by atoms with Crippen LogP contribution < -0.4 is 14.2 Å². The van der Waals surface area contributed by atoms with Crippen molar-refractivity contribution in [1.82, 2.24) is 0 Å².